The number of hydrogen-bond acceptors (Lipinski definition) is 2. The fourth-order valence-electron chi connectivity index (χ4n) is 1.26. The van der Waals surface area contributed by atoms with Gasteiger partial charge in [-0.2, -0.15) is 0 Å². The van der Waals surface area contributed by atoms with Gasteiger partial charge in [-0.15, -0.1) is 13.2 Å². The van der Waals surface area contributed by atoms with Crippen molar-refractivity contribution < 1.29 is 0 Å². The average molecular weight is 198 g/mol. The van der Waals surface area contributed by atoms with Gasteiger partial charge in [0.2, 0.25) is 0 Å². The molecule has 76 valence electrons. The molecular weight excluding hydrogens is 184 g/mol. The van der Waals surface area contributed by atoms with Gasteiger partial charge in [0, 0.05) is 29.8 Å². The molecule has 0 atom stereocenters. The first-order valence-corrected chi connectivity index (χ1v) is 4.69. The lowest BCUT2D eigenvalue weighted by atomic mass is 10.1. The van der Waals surface area contributed by atoms with Gasteiger partial charge in [0.05, 0.1) is 0 Å². The van der Waals surface area contributed by atoms with Gasteiger partial charge in [0.15, 0.2) is 0 Å². The molecule has 2 aromatic rings. The highest BCUT2D eigenvalue weighted by atomic mass is 14.7. The van der Waals surface area contributed by atoms with Gasteiger partial charge >= 0.3 is 0 Å². The largest absolute Gasteiger partial charge is 0.264 e. The van der Waals surface area contributed by atoms with E-state index in [2.05, 4.69) is 29.2 Å². The van der Waals surface area contributed by atoms with Gasteiger partial charge in [-0.05, 0) is 30.7 Å². The van der Waals surface area contributed by atoms with Gasteiger partial charge in [0.25, 0.3) is 0 Å². The Morgan fingerprint density at radius 1 is 1.07 bits per heavy atom. The van der Waals surface area contributed by atoms with E-state index in [4.69, 9.17) is 0 Å². The predicted molar refractivity (Wildman–Crippen MR) is 63.5 cm³/mol. The molecule has 0 bridgehead atoms. The lowest BCUT2D eigenvalue weighted by molar-refractivity contribution is 1.20. The van der Waals surface area contributed by atoms with E-state index in [1.165, 1.54) is 5.56 Å². The maximum absolute atomic E-state index is 4.14. The van der Waals surface area contributed by atoms with E-state index in [1.54, 1.807) is 6.20 Å². The first-order chi connectivity index (χ1) is 7.36. The Morgan fingerprint density at radius 2 is 1.87 bits per heavy atom. The molecule has 2 heterocycles. The van der Waals surface area contributed by atoms with Crippen molar-refractivity contribution in [3.8, 4) is 11.1 Å². The molecular formula is C13H14N2. The number of rotatable bonds is 1. The SMILES string of the molecule is C=C.Cc1cc(-c2cccnc2)ccn1. The zero-order valence-electron chi connectivity index (χ0n) is 8.85. The van der Waals surface area contributed by atoms with Crippen LogP contribution >= 0.6 is 0 Å². The van der Waals surface area contributed by atoms with Crippen LogP contribution in [-0.4, -0.2) is 9.97 Å². The summed E-state index contributed by atoms with van der Waals surface area (Å²) in [5, 5.41) is 0. The molecule has 0 saturated carbocycles. The maximum atomic E-state index is 4.14. The van der Waals surface area contributed by atoms with Crippen molar-refractivity contribution in [2.45, 2.75) is 6.92 Å². The van der Waals surface area contributed by atoms with Crippen LogP contribution < -0.4 is 0 Å². The van der Waals surface area contributed by atoms with Crippen LogP contribution in [0.3, 0.4) is 0 Å². The number of hydrogen-bond donors (Lipinski definition) is 0. The van der Waals surface area contributed by atoms with Gasteiger partial charge in [-0.1, -0.05) is 6.07 Å². The molecule has 0 N–H and O–H groups in total. The van der Waals surface area contributed by atoms with Crippen molar-refractivity contribution in [1.82, 2.24) is 9.97 Å². The van der Waals surface area contributed by atoms with E-state index in [0.29, 0.717) is 0 Å². The van der Waals surface area contributed by atoms with Gasteiger partial charge in [0.1, 0.15) is 0 Å². The quantitative estimate of drug-likeness (QED) is 0.657. The number of aromatic nitrogens is 2. The predicted octanol–water partition coefficient (Wildman–Crippen LogP) is 3.25. The molecule has 2 rings (SSSR count). The van der Waals surface area contributed by atoms with Gasteiger partial charge in [-0.3, -0.25) is 9.97 Å². The van der Waals surface area contributed by atoms with Crippen molar-refractivity contribution in [1.29, 1.82) is 0 Å². The zero-order valence-corrected chi connectivity index (χ0v) is 8.85. The minimum absolute atomic E-state index is 1.03. The summed E-state index contributed by atoms with van der Waals surface area (Å²) in [6.07, 6.45) is 5.45. The van der Waals surface area contributed by atoms with E-state index in [9.17, 15) is 0 Å². The number of nitrogens with zero attached hydrogens (tertiary/aromatic N) is 2. The van der Waals surface area contributed by atoms with Crippen LogP contribution in [0.15, 0.2) is 56.0 Å². The summed E-state index contributed by atoms with van der Waals surface area (Å²) in [4.78, 5) is 8.22. The lowest BCUT2D eigenvalue weighted by Gasteiger charge is -2.00. The fourth-order valence-corrected chi connectivity index (χ4v) is 1.26. The summed E-state index contributed by atoms with van der Waals surface area (Å²) in [7, 11) is 0. The van der Waals surface area contributed by atoms with Crippen LogP contribution in [0.1, 0.15) is 5.69 Å². The summed E-state index contributed by atoms with van der Waals surface area (Å²) in [5.74, 6) is 0. The van der Waals surface area contributed by atoms with E-state index in [0.717, 1.165) is 11.3 Å². The Labute approximate surface area is 90.3 Å². The normalized spacial score (nSPS) is 8.87. The number of pyridine rings is 2. The van der Waals surface area contributed by atoms with Crippen LogP contribution in [0.4, 0.5) is 0 Å². The highest BCUT2D eigenvalue weighted by Gasteiger charge is 1.96. The molecule has 0 aliphatic heterocycles. The Bertz CT molecular complexity index is 410. The average Bonchev–Trinajstić information content (AvgIpc) is 2.33. The highest BCUT2D eigenvalue weighted by molar-refractivity contribution is 5.61. The van der Waals surface area contributed by atoms with Gasteiger partial charge < -0.3 is 0 Å². The summed E-state index contributed by atoms with van der Waals surface area (Å²) in [6.45, 7) is 7.99. The lowest BCUT2D eigenvalue weighted by Crippen LogP contribution is -1.83. The first-order valence-electron chi connectivity index (χ1n) is 4.69. The molecule has 2 heteroatoms. The second-order valence-corrected chi connectivity index (χ2v) is 2.93. The molecule has 0 radical (unpaired) electrons. The molecule has 0 amide bonds. The van der Waals surface area contributed by atoms with Gasteiger partial charge in [-0.25, -0.2) is 0 Å². The molecule has 0 aliphatic rings. The molecule has 0 saturated heterocycles. The topological polar surface area (TPSA) is 25.8 Å². The van der Waals surface area contributed by atoms with Crippen LogP contribution in [0, 0.1) is 6.92 Å². The summed E-state index contributed by atoms with van der Waals surface area (Å²) >= 11 is 0. The molecule has 0 unspecified atom stereocenters. The van der Waals surface area contributed by atoms with E-state index >= 15 is 0 Å². The Morgan fingerprint density at radius 3 is 2.47 bits per heavy atom. The summed E-state index contributed by atoms with van der Waals surface area (Å²) < 4.78 is 0. The van der Waals surface area contributed by atoms with Crippen LogP contribution in [-0.2, 0) is 0 Å². The molecule has 0 aliphatic carbocycles. The van der Waals surface area contributed by atoms with Crippen molar-refractivity contribution in [3.05, 3.63) is 61.7 Å². The number of aryl methyl sites for hydroxylation is 1. The van der Waals surface area contributed by atoms with E-state index in [-0.39, 0.29) is 0 Å². The van der Waals surface area contributed by atoms with Crippen molar-refractivity contribution in [3.63, 3.8) is 0 Å². The third-order valence-electron chi connectivity index (χ3n) is 1.89. The monoisotopic (exact) mass is 198 g/mol. The summed E-state index contributed by atoms with van der Waals surface area (Å²) in [6, 6.07) is 8.02. The second kappa shape index (κ2) is 5.70. The van der Waals surface area contributed by atoms with Crippen LogP contribution in [0.25, 0.3) is 11.1 Å². The molecule has 0 fully saturated rings. The molecule has 15 heavy (non-hydrogen) atoms. The first kappa shape index (κ1) is 11.1. The Hall–Kier alpha value is -1.96. The Balaban J connectivity index is 0.000000531. The van der Waals surface area contributed by atoms with E-state index in [1.807, 2.05) is 37.5 Å². The van der Waals surface area contributed by atoms with Crippen LogP contribution in [0.5, 0.6) is 0 Å². The van der Waals surface area contributed by atoms with Crippen molar-refractivity contribution >= 4 is 0 Å². The zero-order chi connectivity index (χ0) is 11.1. The second-order valence-electron chi connectivity index (χ2n) is 2.93. The third-order valence-corrected chi connectivity index (χ3v) is 1.89. The molecule has 2 nitrogen and oxygen atoms in total. The Kier molecular flexibility index (Phi) is 4.23. The maximum Gasteiger partial charge on any atom is 0.0378 e. The molecule has 0 spiro atoms. The fraction of sp³-hybridized carbons (Fsp3) is 0.0769. The van der Waals surface area contributed by atoms with Crippen LogP contribution in [0.2, 0.25) is 0 Å². The summed E-state index contributed by atoms with van der Waals surface area (Å²) in [5.41, 5.74) is 3.33. The van der Waals surface area contributed by atoms with Crippen molar-refractivity contribution in [2.24, 2.45) is 0 Å². The minimum Gasteiger partial charge on any atom is -0.264 e. The minimum atomic E-state index is 1.03. The standard InChI is InChI=1S/C11H10N2.C2H4/c1-9-7-10(4-6-13-9)11-3-2-5-12-8-11;1-2/h2-8H,1H3;1-2H2. The highest BCUT2D eigenvalue weighted by Crippen LogP contribution is 2.17. The van der Waals surface area contributed by atoms with Crippen molar-refractivity contribution in [2.75, 3.05) is 0 Å². The van der Waals surface area contributed by atoms with E-state index < -0.39 is 0 Å². The third kappa shape index (κ3) is 3.02. The smallest absolute Gasteiger partial charge is 0.0378 e. The molecule has 0 aromatic carbocycles. The molecule has 2 aromatic heterocycles.